The fourth-order valence-electron chi connectivity index (χ4n) is 3.85. The number of piperidine rings is 1. The Balaban J connectivity index is 1.72. The highest BCUT2D eigenvalue weighted by molar-refractivity contribution is 7.89. The normalized spacial score (nSPS) is 15.2. The van der Waals surface area contributed by atoms with Crippen LogP contribution in [-0.4, -0.2) is 59.6 Å². The van der Waals surface area contributed by atoms with E-state index in [-0.39, 0.29) is 10.5 Å². The molecule has 0 unspecified atom stereocenters. The van der Waals surface area contributed by atoms with E-state index in [4.69, 9.17) is 14.2 Å². The van der Waals surface area contributed by atoms with E-state index in [0.29, 0.717) is 49.2 Å². The maximum absolute atomic E-state index is 13.1. The molecule has 0 aromatic heterocycles. The monoisotopic (exact) mass is 476 g/mol. The quantitative estimate of drug-likeness (QED) is 0.598. The second-order valence-electron chi connectivity index (χ2n) is 8.14. The van der Waals surface area contributed by atoms with Gasteiger partial charge in [-0.05, 0) is 61.1 Å². The van der Waals surface area contributed by atoms with Crippen molar-refractivity contribution in [3.63, 3.8) is 0 Å². The van der Waals surface area contributed by atoms with Crippen molar-refractivity contribution in [2.24, 2.45) is 5.92 Å². The van der Waals surface area contributed by atoms with Gasteiger partial charge < -0.3 is 19.5 Å². The Morgan fingerprint density at radius 1 is 0.970 bits per heavy atom. The number of rotatable bonds is 9. The minimum Gasteiger partial charge on any atom is -0.496 e. The van der Waals surface area contributed by atoms with Gasteiger partial charge in [-0.2, -0.15) is 4.31 Å². The largest absolute Gasteiger partial charge is 0.496 e. The summed E-state index contributed by atoms with van der Waals surface area (Å²) in [6, 6.07) is 10.0. The molecule has 180 valence electrons. The number of carbonyl (C=O) groups is 1. The van der Waals surface area contributed by atoms with Crippen molar-refractivity contribution in [3.05, 3.63) is 47.5 Å². The number of amides is 1. The summed E-state index contributed by atoms with van der Waals surface area (Å²) in [6.45, 7) is 3.46. The molecule has 1 N–H and O–H groups in total. The number of hydrogen-bond acceptors (Lipinski definition) is 6. The third-order valence-corrected chi connectivity index (χ3v) is 7.84. The van der Waals surface area contributed by atoms with Crippen LogP contribution in [0.15, 0.2) is 41.3 Å². The van der Waals surface area contributed by atoms with Crippen molar-refractivity contribution < 1.29 is 27.4 Å². The summed E-state index contributed by atoms with van der Waals surface area (Å²) in [7, 11) is 0.927. The molecule has 0 bridgehead atoms. The predicted octanol–water partition coefficient (Wildman–Crippen LogP) is 3.11. The summed E-state index contributed by atoms with van der Waals surface area (Å²) in [5, 5.41) is 2.85. The van der Waals surface area contributed by atoms with Gasteiger partial charge in [0.1, 0.15) is 5.75 Å². The maximum atomic E-state index is 13.1. The van der Waals surface area contributed by atoms with E-state index in [1.54, 1.807) is 14.2 Å². The molecule has 8 nitrogen and oxygen atoms in total. The highest BCUT2D eigenvalue weighted by atomic mass is 32.2. The van der Waals surface area contributed by atoms with Gasteiger partial charge in [-0.1, -0.05) is 13.0 Å². The minimum atomic E-state index is -3.67. The first-order valence-corrected chi connectivity index (χ1v) is 12.4. The molecular weight excluding hydrogens is 444 g/mol. The first kappa shape index (κ1) is 24.9. The zero-order valence-electron chi connectivity index (χ0n) is 19.6. The Morgan fingerprint density at radius 2 is 1.61 bits per heavy atom. The first-order valence-electron chi connectivity index (χ1n) is 11.0. The Bertz CT molecular complexity index is 1080. The molecular formula is C24H32N2O6S. The van der Waals surface area contributed by atoms with Crippen LogP contribution in [0, 0.1) is 5.92 Å². The lowest BCUT2D eigenvalue weighted by molar-refractivity contribution is 0.0951. The SMILES string of the molecule is COc1ccc(CCNC(=O)c2cc(S(=O)(=O)N3CCC(C)CC3)ccc2OC)cc1OC. The standard InChI is InChI=1S/C24H32N2O6S/c1-17-10-13-26(14-11-17)33(28,29)19-6-8-21(30-2)20(16-19)24(27)25-12-9-18-5-7-22(31-3)23(15-18)32-4/h5-8,15-17H,9-14H2,1-4H3,(H,25,27). The molecule has 0 radical (unpaired) electrons. The third-order valence-electron chi connectivity index (χ3n) is 5.94. The van der Waals surface area contributed by atoms with Crippen LogP contribution in [-0.2, 0) is 16.4 Å². The molecule has 0 spiro atoms. The van der Waals surface area contributed by atoms with Gasteiger partial charge in [0.25, 0.3) is 5.91 Å². The van der Waals surface area contributed by atoms with Crippen LogP contribution in [0.2, 0.25) is 0 Å². The Kier molecular flexibility index (Phi) is 8.20. The van der Waals surface area contributed by atoms with Gasteiger partial charge in [0.15, 0.2) is 11.5 Å². The van der Waals surface area contributed by atoms with Crippen LogP contribution in [0.4, 0.5) is 0 Å². The van der Waals surface area contributed by atoms with Crippen molar-refractivity contribution in [1.29, 1.82) is 0 Å². The molecule has 9 heteroatoms. The fraction of sp³-hybridized carbons (Fsp3) is 0.458. The molecule has 3 rings (SSSR count). The van der Waals surface area contributed by atoms with E-state index in [1.807, 2.05) is 18.2 Å². The topological polar surface area (TPSA) is 94.2 Å². The minimum absolute atomic E-state index is 0.0999. The molecule has 0 saturated carbocycles. The summed E-state index contributed by atoms with van der Waals surface area (Å²) < 4.78 is 43.6. The molecule has 2 aromatic rings. The molecule has 1 aliphatic rings. The molecule has 1 amide bonds. The van der Waals surface area contributed by atoms with Gasteiger partial charge in [-0.3, -0.25) is 4.79 Å². The van der Waals surface area contributed by atoms with Crippen molar-refractivity contribution in [1.82, 2.24) is 9.62 Å². The Morgan fingerprint density at radius 3 is 2.24 bits per heavy atom. The lowest BCUT2D eigenvalue weighted by Gasteiger charge is -2.29. The van der Waals surface area contributed by atoms with Crippen molar-refractivity contribution in [2.45, 2.75) is 31.1 Å². The molecule has 0 aliphatic carbocycles. The highest BCUT2D eigenvalue weighted by Crippen LogP contribution is 2.29. The summed E-state index contributed by atoms with van der Waals surface area (Å²) in [5.41, 5.74) is 1.16. The van der Waals surface area contributed by atoms with E-state index >= 15 is 0 Å². The molecule has 33 heavy (non-hydrogen) atoms. The zero-order chi connectivity index (χ0) is 24.0. The van der Waals surface area contributed by atoms with E-state index < -0.39 is 15.9 Å². The molecule has 1 saturated heterocycles. The van der Waals surface area contributed by atoms with Crippen LogP contribution in [0.3, 0.4) is 0 Å². The molecule has 1 aliphatic heterocycles. The number of ether oxygens (including phenoxy) is 3. The number of nitrogens with one attached hydrogen (secondary N) is 1. The fourth-order valence-corrected chi connectivity index (χ4v) is 5.35. The second-order valence-corrected chi connectivity index (χ2v) is 10.1. The van der Waals surface area contributed by atoms with E-state index in [9.17, 15) is 13.2 Å². The number of carbonyl (C=O) groups excluding carboxylic acids is 1. The van der Waals surface area contributed by atoms with Crippen molar-refractivity contribution >= 4 is 15.9 Å². The average molecular weight is 477 g/mol. The van der Waals surface area contributed by atoms with Gasteiger partial charge in [0.2, 0.25) is 10.0 Å². The number of sulfonamides is 1. The molecule has 0 atom stereocenters. The average Bonchev–Trinajstić information content (AvgIpc) is 2.83. The van der Waals surface area contributed by atoms with Crippen LogP contribution in [0.25, 0.3) is 0 Å². The lowest BCUT2D eigenvalue weighted by atomic mass is 10.0. The van der Waals surface area contributed by atoms with Crippen LogP contribution >= 0.6 is 0 Å². The second kappa shape index (κ2) is 10.9. The Hall–Kier alpha value is -2.78. The van der Waals surface area contributed by atoms with Crippen LogP contribution < -0.4 is 19.5 Å². The summed E-state index contributed by atoms with van der Waals surface area (Å²) in [4.78, 5) is 13.0. The van der Waals surface area contributed by atoms with Crippen molar-refractivity contribution in [3.8, 4) is 17.2 Å². The smallest absolute Gasteiger partial charge is 0.255 e. The predicted molar refractivity (Wildman–Crippen MR) is 126 cm³/mol. The van der Waals surface area contributed by atoms with Crippen molar-refractivity contribution in [2.75, 3.05) is 41.0 Å². The number of benzene rings is 2. The van der Waals surface area contributed by atoms with Gasteiger partial charge in [0, 0.05) is 19.6 Å². The van der Waals surface area contributed by atoms with Crippen LogP contribution in [0.5, 0.6) is 17.2 Å². The van der Waals surface area contributed by atoms with E-state index in [1.165, 1.54) is 29.6 Å². The zero-order valence-corrected chi connectivity index (χ0v) is 20.4. The number of hydrogen-bond donors (Lipinski definition) is 1. The molecule has 1 heterocycles. The Labute approximate surface area is 195 Å². The van der Waals surface area contributed by atoms with Gasteiger partial charge in [-0.15, -0.1) is 0 Å². The van der Waals surface area contributed by atoms with Gasteiger partial charge in [-0.25, -0.2) is 8.42 Å². The van der Waals surface area contributed by atoms with Gasteiger partial charge >= 0.3 is 0 Å². The van der Waals surface area contributed by atoms with E-state index in [2.05, 4.69) is 12.2 Å². The first-order chi connectivity index (χ1) is 15.8. The number of methoxy groups -OCH3 is 3. The maximum Gasteiger partial charge on any atom is 0.255 e. The summed E-state index contributed by atoms with van der Waals surface area (Å²) in [5.74, 6) is 1.70. The summed E-state index contributed by atoms with van der Waals surface area (Å²) >= 11 is 0. The highest BCUT2D eigenvalue weighted by Gasteiger charge is 2.29. The summed E-state index contributed by atoms with van der Waals surface area (Å²) in [6.07, 6.45) is 2.23. The van der Waals surface area contributed by atoms with Gasteiger partial charge in [0.05, 0.1) is 31.8 Å². The number of nitrogens with zero attached hydrogens (tertiary/aromatic N) is 1. The molecule has 2 aromatic carbocycles. The van der Waals surface area contributed by atoms with Crippen LogP contribution in [0.1, 0.15) is 35.7 Å². The molecule has 1 fully saturated rings. The lowest BCUT2D eigenvalue weighted by Crippen LogP contribution is -2.38. The third kappa shape index (κ3) is 5.78. The van der Waals surface area contributed by atoms with E-state index in [0.717, 1.165) is 18.4 Å².